The van der Waals surface area contributed by atoms with Gasteiger partial charge < -0.3 is 9.47 Å². The smallest absolute Gasteiger partial charge is 0.271 e. The van der Waals surface area contributed by atoms with Crippen LogP contribution in [0, 0.1) is 17.0 Å². The molecule has 1 saturated heterocycles. The van der Waals surface area contributed by atoms with E-state index in [0.29, 0.717) is 0 Å². The quantitative estimate of drug-likeness (QED) is 0.636. The van der Waals surface area contributed by atoms with Crippen molar-refractivity contribution < 1.29 is 4.92 Å². The highest BCUT2D eigenvalue weighted by atomic mass is 16.6. The maximum absolute atomic E-state index is 11.2. The van der Waals surface area contributed by atoms with Gasteiger partial charge in [0.2, 0.25) is 0 Å². The van der Waals surface area contributed by atoms with E-state index in [1.807, 2.05) is 23.8 Å². The first-order valence-electron chi connectivity index (χ1n) is 7.71. The molecule has 122 valence electrons. The van der Waals surface area contributed by atoms with Gasteiger partial charge in [-0.15, -0.1) is 0 Å². The highest BCUT2D eigenvalue weighted by Crippen LogP contribution is 2.22. The third-order valence-electron chi connectivity index (χ3n) is 4.19. The lowest BCUT2D eigenvalue weighted by Gasteiger charge is -2.32. The van der Waals surface area contributed by atoms with Crippen molar-refractivity contribution >= 4 is 5.69 Å². The summed E-state index contributed by atoms with van der Waals surface area (Å²) in [5.74, 6) is 0. The van der Waals surface area contributed by atoms with E-state index in [1.54, 1.807) is 18.5 Å². The molecule has 0 radical (unpaired) electrons. The molecule has 0 atom stereocenters. The van der Waals surface area contributed by atoms with Crippen LogP contribution in [0.1, 0.15) is 11.3 Å². The third-order valence-corrected chi connectivity index (χ3v) is 4.19. The van der Waals surface area contributed by atoms with E-state index in [9.17, 15) is 10.1 Å². The SMILES string of the molecule is Cc1cn(-c2cc(CN3CCN(C)CC3)cc([N+](=O)[O-])c2)cn1. The summed E-state index contributed by atoms with van der Waals surface area (Å²) >= 11 is 0. The minimum absolute atomic E-state index is 0.123. The second kappa shape index (κ2) is 6.47. The summed E-state index contributed by atoms with van der Waals surface area (Å²) < 4.78 is 1.83. The van der Waals surface area contributed by atoms with Gasteiger partial charge in [0.1, 0.15) is 0 Å². The number of imidazole rings is 1. The molecule has 23 heavy (non-hydrogen) atoms. The van der Waals surface area contributed by atoms with Crippen LogP contribution in [0.2, 0.25) is 0 Å². The summed E-state index contributed by atoms with van der Waals surface area (Å²) in [5, 5.41) is 11.2. The zero-order valence-electron chi connectivity index (χ0n) is 13.5. The molecule has 3 rings (SSSR count). The summed E-state index contributed by atoms with van der Waals surface area (Å²) in [6.07, 6.45) is 3.56. The molecular weight excluding hydrogens is 294 g/mol. The van der Waals surface area contributed by atoms with Crippen molar-refractivity contribution in [1.29, 1.82) is 0 Å². The molecule has 2 aromatic rings. The summed E-state index contributed by atoms with van der Waals surface area (Å²) in [4.78, 5) is 19.7. The average molecular weight is 315 g/mol. The van der Waals surface area contributed by atoms with Crippen molar-refractivity contribution in [2.75, 3.05) is 33.2 Å². The van der Waals surface area contributed by atoms with Crippen LogP contribution in [0.15, 0.2) is 30.7 Å². The predicted octanol–water partition coefficient (Wildman–Crippen LogP) is 1.84. The highest BCUT2D eigenvalue weighted by molar-refractivity contribution is 5.47. The van der Waals surface area contributed by atoms with Crippen LogP contribution < -0.4 is 0 Å². The van der Waals surface area contributed by atoms with Crippen LogP contribution in [0.5, 0.6) is 0 Å². The Morgan fingerprint density at radius 3 is 2.57 bits per heavy atom. The molecular formula is C16H21N5O2. The summed E-state index contributed by atoms with van der Waals surface area (Å²) in [5.41, 5.74) is 2.75. The lowest BCUT2D eigenvalue weighted by atomic mass is 10.1. The van der Waals surface area contributed by atoms with Crippen LogP contribution in [0.4, 0.5) is 5.69 Å². The molecule has 0 unspecified atom stereocenters. The molecule has 1 fully saturated rings. The largest absolute Gasteiger partial charge is 0.306 e. The standard InChI is InChI=1S/C16H21N5O2/c1-13-10-20(12-17-13)15-7-14(8-16(9-15)21(22)23)11-19-5-3-18(2)4-6-19/h7-10,12H,3-6,11H2,1-2H3. The number of hydrogen-bond acceptors (Lipinski definition) is 5. The zero-order chi connectivity index (χ0) is 16.4. The van der Waals surface area contributed by atoms with E-state index in [4.69, 9.17) is 0 Å². The van der Waals surface area contributed by atoms with E-state index >= 15 is 0 Å². The number of aryl methyl sites for hydroxylation is 1. The first kappa shape index (κ1) is 15.6. The molecule has 0 bridgehead atoms. The number of nitro benzene ring substituents is 1. The average Bonchev–Trinajstić information content (AvgIpc) is 2.96. The molecule has 2 heterocycles. The van der Waals surface area contributed by atoms with Crippen molar-refractivity contribution in [1.82, 2.24) is 19.4 Å². The first-order chi connectivity index (χ1) is 11.0. The number of aromatic nitrogens is 2. The molecule has 0 spiro atoms. The van der Waals surface area contributed by atoms with Gasteiger partial charge in [-0.25, -0.2) is 4.98 Å². The van der Waals surface area contributed by atoms with Gasteiger partial charge in [0.25, 0.3) is 5.69 Å². The topological polar surface area (TPSA) is 67.4 Å². The van der Waals surface area contributed by atoms with E-state index in [1.165, 1.54) is 0 Å². The van der Waals surface area contributed by atoms with Crippen molar-refractivity contribution in [3.63, 3.8) is 0 Å². The van der Waals surface area contributed by atoms with Gasteiger partial charge in [-0.05, 0) is 25.6 Å². The van der Waals surface area contributed by atoms with Crippen LogP contribution in [-0.2, 0) is 6.54 Å². The van der Waals surface area contributed by atoms with Crippen LogP contribution in [0.25, 0.3) is 5.69 Å². The number of hydrogen-bond donors (Lipinski definition) is 0. The normalized spacial score (nSPS) is 16.6. The van der Waals surface area contributed by atoms with Crippen LogP contribution in [0.3, 0.4) is 0 Å². The Morgan fingerprint density at radius 1 is 1.22 bits per heavy atom. The fourth-order valence-electron chi connectivity index (χ4n) is 2.83. The van der Waals surface area contributed by atoms with Crippen molar-refractivity contribution in [3.8, 4) is 5.69 Å². The maximum Gasteiger partial charge on any atom is 0.271 e. The van der Waals surface area contributed by atoms with Crippen molar-refractivity contribution in [2.45, 2.75) is 13.5 Å². The Balaban J connectivity index is 1.87. The number of non-ortho nitro benzene ring substituents is 1. The highest BCUT2D eigenvalue weighted by Gasteiger charge is 2.17. The van der Waals surface area contributed by atoms with E-state index in [2.05, 4.69) is 21.8 Å². The molecule has 1 aromatic heterocycles. The molecule has 0 amide bonds. The van der Waals surface area contributed by atoms with Gasteiger partial charge in [0, 0.05) is 51.1 Å². The predicted molar refractivity (Wildman–Crippen MR) is 87.7 cm³/mol. The summed E-state index contributed by atoms with van der Waals surface area (Å²) in [6.45, 7) is 6.66. The monoisotopic (exact) mass is 315 g/mol. The minimum Gasteiger partial charge on any atom is -0.306 e. The molecule has 7 heteroatoms. The maximum atomic E-state index is 11.2. The second-order valence-corrected chi connectivity index (χ2v) is 6.12. The third kappa shape index (κ3) is 3.75. The minimum atomic E-state index is -0.333. The Morgan fingerprint density at radius 2 is 1.96 bits per heavy atom. The molecule has 1 aliphatic heterocycles. The van der Waals surface area contributed by atoms with E-state index in [0.717, 1.165) is 49.7 Å². The van der Waals surface area contributed by atoms with Crippen molar-refractivity contribution in [2.24, 2.45) is 0 Å². The fourth-order valence-corrected chi connectivity index (χ4v) is 2.83. The Kier molecular flexibility index (Phi) is 4.40. The van der Waals surface area contributed by atoms with E-state index in [-0.39, 0.29) is 10.6 Å². The number of likely N-dealkylation sites (N-methyl/N-ethyl adjacent to an activating group) is 1. The molecule has 1 aliphatic rings. The molecule has 0 N–H and O–H groups in total. The fraction of sp³-hybridized carbons (Fsp3) is 0.438. The van der Waals surface area contributed by atoms with Gasteiger partial charge in [0.05, 0.1) is 22.6 Å². The van der Waals surface area contributed by atoms with Crippen LogP contribution in [-0.4, -0.2) is 57.5 Å². The summed E-state index contributed by atoms with van der Waals surface area (Å²) in [7, 11) is 2.12. The number of nitrogens with zero attached hydrogens (tertiary/aromatic N) is 5. The Labute approximate surface area is 135 Å². The lowest BCUT2D eigenvalue weighted by Crippen LogP contribution is -2.43. The first-order valence-corrected chi connectivity index (χ1v) is 7.71. The van der Waals surface area contributed by atoms with Gasteiger partial charge in [-0.2, -0.15) is 0 Å². The molecule has 0 saturated carbocycles. The van der Waals surface area contributed by atoms with Crippen molar-refractivity contribution in [3.05, 3.63) is 52.1 Å². The molecule has 7 nitrogen and oxygen atoms in total. The zero-order valence-corrected chi connectivity index (χ0v) is 13.5. The lowest BCUT2D eigenvalue weighted by molar-refractivity contribution is -0.384. The number of nitro groups is 1. The summed E-state index contributed by atoms with van der Waals surface area (Å²) in [6, 6.07) is 5.27. The number of rotatable bonds is 4. The Bertz CT molecular complexity index is 704. The second-order valence-electron chi connectivity index (χ2n) is 6.12. The molecule has 0 aliphatic carbocycles. The van der Waals surface area contributed by atoms with Crippen LogP contribution >= 0.6 is 0 Å². The van der Waals surface area contributed by atoms with Gasteiger partial charge in [-0.1, -0.05) is 0 Å². The van der Waals surface area contributed by atoms with E-state index < -0.39 is 0 Å². The number of benzene rings is 1. The van der Waals surface area contributed by atoms with Gasteiger partial charge in [-0.3, -0.25) is 15.0 Å². The van der Waals surface area contributed by atoms with Gasteiger partial charge >= 0.3 is 0 Å². The molecule has 1 aromatic carbocycles. The van der Waals surface area contributed by atoms with Gasteiger partial charge in [0.15, 0.2) is 0 Å². The Hall–Kier alpha value is -2.25. The number of piperazine rings is 1.